The number of benzene rings is 2. The van der Waals surface area contributed by atoms with E-state index in [2.05, 4.69) is 63.8 Å². The average Bonchev–Trinajstić information content (AvgIpc) is 1.92. The summed E-state index contributed by atoms with van der Waals surface area (Å²) in [6.45, 7) is 9.24. The molecule has 0 aromatic heterocycles. The average molecular weight is 1330 g/mol. The van der Waals surface area contributed by atoms with E-state index in [4.69, 9.17) is 50.5 Å². The van der Waals surface area contributed by atoms with E-state index in [1.54, 1.807) is 52.0 Å². The third-order valence-corrected chi connectivity index (χ3v) is 17.3. The van der Waals surface area contributed by atoms with E-state index in [1.807, 2.05) is 13.0 Å². The lowest BCUT2D eigenvalue weighted by Crippen LogP contribution is -2.63. The molecule has 24 nitrogen and oxygen atoms in total. The van der Waals surface area contributed by atoms with Crippen LogP contribution in [0, 0.1) is 11.8 Å². The molecule has 10 atom stereocenters. The molecule has 0 aliphatic carbocycles. The van der Waals surface area contributed by atoms with Crippen molar-refractivity contribution >= 4 is 109 Å². The molecule has 4 bridgehead atoms. The summed E-state index contributed by atoms with van der Waals surface area (Å²) in [7, 11) is 5.72. The first kappa shape index (κ1) is 68.9. The lowest BCUT2D eigenvalue weighted by molar-refractivity contribution is -0.142. The van der Waals surface area contributed by atoms with Crippen LogP contribution in [0.25, 0.3) is 0 Å². The summed E-state index contributed by atoms with van der Waals surface area (Å²) in [5.41, 5.74) is 3.22. The maximum atomic E-state index is 14.5. The zero-order valence-electron chi connectivity index (χ0n) is 48.7. The Labute approximate surface area is 511 Å². The van der Waals surface area contributed by atoms with Gasteiger partial charge in [0.25, 0.3) is 0 Å². The number of halogens is 3. The van der Waals surface area contributed by atoms with Crippen molar-refractivity contribution < 1.29 is 76.6 Å². The van der Waals surface area contributed by atoms with E-state index >= 15 is 0 Å². The number of unbranched alkanes of at least 4 members (excludes halogenated alkanes) is 1. The maximum Gasteiger partial charge on any atom is 0.412 e. The molecule has 0 saturated carbocycles. The second-order valence-electron chi connectivity index (χ2n) is 21.6. The van der Waals surface area contributed by atoms with E-state index in [0.29, 0.717) is 54.1 Å². The summed E-state index contributed by atoms with van der Waals surface area (Å²) < 4.78 is 40.9. The van der Waals surface area contributed by atoms with Gasteiger partial charge in [0.1, 0.15) is 58.4 Å². The lowest BCUT2D eigenvalue weighted by atomic mass is 9.83. The van der Waals surface area contributed by atoms with Crippen molar-refractivity contribution in [1.82, 2.24) is 21.3 Å². The number of aliphatic hydroxyl groups is 1. The van der Waals surface area contributed by atoms with E-state index < -0.39 is 108 Å². The number of nitrogens with two attached hydrogens (primary N) is 1. The van der Waals surface area contributed by atoms with Gasteiger partial charge in [-0.1, -0.05) is 88.0 Å². The van der Waals surface area contributed by atoms with Gasteiger partial charge in [0.2, 0.25) is 17.7 Å². The predicted molar refractivity (Wildman–Crippen MR) is 321 cm³/mol. The predicted octanol–water partition coefficient (Wildman–Crippen LogP) is 6.35. The number of nitrogens with one attached hydrogen (secondary N) is 6. The fourth-order valence-electron chi connectivity index (χ4n) is 9.97. The fraction of sp³-hybridized carbons (Fsp3) is 0.579. The third kappa shape index (κ3) is 18.3. The first-order valence-electron chi connectivity index (χ1n) is 27.5. The minimum absolute atomic E-state index is 0.0528. The highest BCUT2D eigenvalue weighted by Crippen LogP contribution is 2.49. The number of ether oxygens (including phenoxy) is 7. The van der Waals surface area contributed by atoms with Crippen LogP contribution in [0.2, 0.25) is 5.02 Å². The van der Waals surface area contributed by atoms with Gasteiger partial charge in [-0.2, -0.15) is 0 Å². The molecule has 464 valence electrons. The van der Waals surface area contributed by atoms with Crippen LogP contribution >= 0.6 is 43.5 Å². The van der Waals surface area contributed by atoms with Gasteiger partial charge < -0.3 is 74.4 Å². The van der Waals surface area contributed by atoms with Crippen LogP contribution in [-0.2, 0) is 54.1 Å². The Kier molecular flexibility index (Phi) is 25.8. The zero-order valence-corrected chi connectivity index (χ0v) is 52.6. The van der Waals surface area contributed by atoms with Crippen molar-refractivity contribution in [1.29, 1.82) is 0 Å². The molecule has 2 saturated heterocycles. The number of carbonyl (C=O) groups is 8. The summed E-state index contributed by atoms with van der Waals surface area (Å²) in [4.78, 5) is 106. The molecule has 84 heavy (non-hydrogen) atoms. The Morgan fingerprint density at radius 2 is 1.73 bits per heavy atom. The Balaban J connectivity index is 1.36. The SMILES string of the molecule is COc1cc(NC(=O)[C@H](CCCNC(N)=O)NC(=O)[C@@H](NC(C=O)CCCCOC(C=O)(CBr)CBr)C(C)C)ccc1NC(=O)O[C@H]1CC(=O)N(C)c2cc(cc(OC)c2Cl)C/C(C)=C/C=C/[C@@H](OC)[C@@]2(O)C[C@H](OC(=O)N2)[C@@H](C)[C@@H]2O[C@@]12C. The zero-order chi connectivity index (χ0) is 62.1. The molecule has 3 heterocycles. The van der Waals surface area contributed by atoms with Crippen molar-refractivity contribution in [3.63, 3.8) is 0 Å². The van der Waals surface area contributed by atoms with Crippen molar-refractivity contribution in [2.24, 2.45) is 17.6 Å². The molecule has 27 heteroatoms. The number of primary amides is 1. The van der Waals surface area contributed by atoms with E-state index in [-0.39, 0.29) is 60.5 Å². The molecular weight excluding hydrogens is 1250 g/mol. The minimum atomic E-state index is -1.91. The van der Waals surface area contributed by atoms with Gasteiger partial charge in [0.15, 0.2) is 12.0 Å². The van der Waals surface area contributed by atoms with E-state index in [1.165, 1.54) is 51.5 Å². The van der Waals surface area contributed by atoms with Gasteiger partial charge in [0, 0.05) is 62.1 Å². The van der Waals surface area contributed by atoms with Crippen LogP contribution in [0.5, 0.6) is 11.5 Å². The lowest BCUT2D eigenvalue weighted by Gasteiger charge is -2.42. The van der Waals surface area contributed by atoms with Crippen LogP contribution in [0.15, 0.2) is 54.1 Å². The number of urea groups is 1. The van der Waals surface area contributed by atoms with Gasteiger partial charge >= 0.3 is 18.2 Å². The quantitative estimate of drug-likeness (QED) is 0.0220. The second kappa shape index (κ2) is 31.5. The number of hydrogen-bond acceptors (Lipinski definition) is 17. The number of aldehydes is 2. The van der Waals surface area contributed by atoms with Gasteiger partial charge in [-0.05, 0) is 88.1 Å². The number of epoxide rings is 1. The Morgan fingerprint density at radius 1 is 1.01 bits per heavy atom. The van der Waals surface area contributed by atoms with Crippen LogP contribution in [0.4, 0.5) is 31.4 Å². The monoisotopic (exact) mass is 1320 g/mol. The van der Waals surface area contributed by atoms with Crippen molar-refractivity contribution in [3.8, 4) is 11.5 Å². The third-order valence-electron chi connectivity index (χ3n) is 15.0. The number of nitrogens with zero attached hydrogens (tertiary/aromatic N) is 1. The van der Waals surface area contributed by atoms with Crippen LogP contribution in [-0.4, -0.2) is 165 Å². The van der Waals surface area contributed by atoms with Crippen LogP contribution < -0.4 is 52.0 Å². The number of hydrogen-bond donors (Lipinski definition) is 8. The van der Waals surface area contributed by atoms with E-state index in [9.17, 15) is 43.5 Å². The van der Waals surface area contributed by atoms with Gasteiger partial charge in [-0.25, -0.2) is 14.4 Å². The summed E-state index contributed by atoms with van der Waals surface area (Å²) in [6.07, 6.45) is 2.21. The summed E-state index contributed by atoms with van der Waals surface area (Å²) in [6, 6.07) is 4.26. The van der Waals surface area contributed by atoms with Crippen LogP contribution in [0.1, 0.15) is 85.1 Å². The number of alkyl carbamates (subject to hydrolysis) is 1. The molecule has 5 rings (SSSR count). The standard InChI is InChI=1S/C57H79Br2ClN8O16/c1-32(2)48(63-37(28-69)15-10-11-21-81-56(29-58,30-59)31-70)51(73)65-39(16-13-20-62-52(61)74)50(72)64-36-18-19-38(41(25-36)78-7)66-53(75)83-45-26-46(71)68(6)40-23-35(24-42(79-8)47(40)60)22-33(3)14-12-17-44(80-9)57(77)27-43(82-54(76)67-57)34(4)49-55(45,5)84-49/h12,14,17-19,23-25,28,31-32,34,37,39,43-45,48-49,63,77H,10-11,13,15-16,20-22,26-27,29-30H2,1-9H3,(H,64,72)(H,65,73)(H,66,75)(H,67,76)(H3,61,62,74)/b17-12+,33-14+/t34-,37?,39+,43+,44-,45+,48+,49+,55+,57+/m1/s1. The summed E-state index contributed by atoms with van der Waals surface area (Å²) in [5.74, 6) is -2.32. The molecule has 3 aliphatic heterocycles. The highest BCUT2D eigenvalue weighted by molar-refractivity contribution is 9.10. The molecular formula is C57H79Br2ClN8O16. The minimum Gasteiger partial charge on any atom is -0.495 e. The van der Waals surface area contributed by atoms with Crippen molar-refractivity contribution in [2.75, 3.05) is 67.7 Å². The normalized spacial score (nSPS) is 24.7. The molecule has 2 aromatic carbocycles. The molecule has 3 aliphatic rings. The van der Waals surface area contributed by atoms with Gasteiger partial charge in [-0.3, -0.25) is 30.3 Å². The number of methoxy groups -OCH3 is 3. The summed E-state index contributed by atoms with van der Waals surface area (Å²) in [5, 5.41) is 29.0. The molecule has 0 spiro atoms. The number of allylic oxidation sites excluding steroid dienone is 3. The van der Waals surface area contributed by atoms with E-state index in [0.717, 1.165) is 17.4 Å². The molecule has 0 radical (unpaired) electrons. The highest BCUT2D eigenvalue weighted by atomic mass is 79.9. The first-order chi connectivity index (χ1) is 39.8. The first-order valence-corrected chi connectivity index (χ1v) is 30.1. The fourth-order valence-corrected chi connectivity index (χ4v) is 11.8. The molecule has 2 aromatic rings. The number of alkyl halides is 2. The van der Waals surface area contributed by atoms with Crippen molar-refractivity contribution in [3.05, 3.63) is 64.7 Å². The smallest absolute Gasteiger partial charge is 0.412 e. The second-order valence-corrected chi connectivity index (χ2v) is 23.1. The number of rotatable bonds is 26. The van der Waals surface area contributed by atoms with Gasteiger partial charge in [0.05, 0.1) is 50.2 Å². The topological polar surface area (TPSA) is 326 Å². The molecule has 9 N–H and O–H groups in total. The number of fused-ring (bicyclic) bond motifs is 5. The molecule has 7 amide bonds. The Bertz CT molecular complexity index is 2740. The molecule has 2 fully saturated rings. The van der Waals surface area contributed by atoms with Crippen LogP contribution in [0.3, 0.4) is 0 Å². The summed E-state index contributed by atoms with van der Waals surface area (Å²) >= 11 is 13.5. The van der Waals surface area contributed by atoms with Crippen molar-refractivity contribution in [2.45, 2.75) is 145 Å². The highest BCUT2D eigenvalue weighted by Gasteiger charge is 2.64. The maximum absolute atomic E-state index is 14.5. The largest absolute Gasteiger partial charge is 0.495 e. The Morgan fingerprint density at radius 3 is 2.36 bits per heavy atom. The number of anilines is 3. The Hall–Kier alpha value is -5.87. The van der Waals surface area contributed by atoms with Gasteiger partial charge in [-0.15, -0.1) is 0 Å². The number of carbonyl (C=O) groups excluding carboxylic acids is 8. The molecule has 1 unspecified atom stereocenters. The number of amides is 7.